The summed E-state index contributed by atoms with van der Waals surface area (Å²) in [5.41, 5.74) is 1.73. The number of carbonyl (C=O) groups is 1. The number of rotatable bonds is 3. The predicted octanol–water partition coefficient (Wildman–Crippen LogP) is 2.73. The smallest absolute Gasteiger partial charge is 0.160 e. The number of hydrogen-bond acceptors (Lipinski definition) is 3. The van der Waals surface area contributed by atoms with E-state index in [1.807, 2.05) is 13.0 Å². The lowest BCUT2D eigenvalue weighted by molar-refractivity contribution is -0.118. The van der Waals surface area contributed by atoms with E-state index in [-0.39, 0.29) is 18.0 Å². The molecule has 1 aromatic carbocycles. The van der Waals surface area contributed by atoms with Crippen LogP contribution in [0.3, 0.4) is 0 Å². The van der Waals surface area contributed by atoms with Crippen LogP contribution in [0.4, 0.5) is 0 Å². The molecule has 104 valence electrons. The molecule has 0 amide bonds. The Bertz CT molecular complexity index is 593. The van der Waals surface area contributed by atoms with E-state index in [1.54, 1.807) is 12.1 Å². The normalized spacial score (nSPS) is 22.1. The molecule has 0 N–H and O–H groups in total. The summed E-state index contributed by atoms with van der Waals surface area (Å²) in [6.45, 7) is 1.92. The van der Waals surface area contributed by atoms with E-state index in [2.05, 4.69) is 0 Å². The monoisotopic (exact) mass is 300 g/mol. The minimum absolute atomic E-state index is 0.100. The van der Waals surface area contributed by atoms with Crippen LogP contribution >= 0.6 is 11.6 Å². The first kappa shape index (κ1) is 14.5. The molecule has 0 spiro atoms. The van der Waals surface area contributed by atoms with Gasteiger partial charge in [0, 0.05) is 11.4 Å². The Kier molecular flexibility index (Phi) is 4.31. The third-order valence-electron chi connectivity index (χ3n) is 3.51. The maximum Gasteiger partial charge on any atom is 0.160 e. The van der Waals surface area contributed by atoms with Gasteiger partial charge in [-0.1, -0.05) is 30.2 Å². The van der Waals surface area contributed by atoms with Gasteiger partial charge in [-0.15, -0.1) is 0 Å². The summed E-state index contributed by atoms with van der Waals surface area (Å²) in [6, 6.07) is 5.47. The molecule has 2 rings (SSSR count). The van der Waals surface area contributed by atoms with Gasteiger partial charge in [-0.2, -0.15) is 0 Å². The molecule has 1 aliphatic rings. The molecule has 0 bridgehead atoms. The van der Waals surface area contributed by atoms with Crippen LogP contribution in [-0.2, 0) is 21.1 Å². The van der Waals surface area contributed by atoms with Gasteiger partial charge in [0.25, 0.3) is 0 Å². The van der Waals surface area contributed by atoms with Crippen molar-refractivity contribution in [3.63, 3.8) is 0 Å². The molecule has 1 heterocycles. The molecule has 1 saturated heterocycles. The molecule has 19 heavy (non-hydrogen) atoms. The van der Waals surface area contributed by atoms with Gasteiger partial charge in [0.05, 0.1) is 5.75 Å². The number of ketones is 1. The van der Waals surface area contributed by atoms with Gasteiger partial charge in [-0.3, -0.25) is 4.79 Å². The average Bonchev–Trinajstić information content (AvgIpc) is 2.32. The molecule has 3 nitrogen and oxygen atoms in total. The maximum absolute atomic E-state index is 12.2. The van der Waals surface area contributed by atoms with Gasteiger partial charge in [0.1, 0.15) is 5.25 Å². The summed E-state index contributed by atoms with van der Waals surface area (Å²) in [5, 5.41) is -0.305. The highest BCUT2D eigenvalue weighted by atomic mass is 35.5. The van der Waals surface area contributed by atoms with Crippen LogP contribution in [-0.4, -0.2) is 25.2 Å². The van der Waals surface area contributed by atoms with Crippen LogP contribution in [0.2, 0.25) is 5.02 Å². The number of benzene rings is 1. The van der Waals surface area contributed by atoms with Gasteiger partial charge < -0.3 is 0 Å². The van der Waals surface area contributed by atoms with Crippen molar-refractivity contribution < 1.29 is 13.2 Å². The lowest BCUT2D eigenvalue weighted by Crippen LogP contribution is -2.36. The topological polar surface area (TPSA) is 51.2 Å². The van der Waals surface area contributed by atoms with Gasteiger partial charge in [0.2, 0.25) is 0 Å². The number of carbonyl (C=O) groups excluding carboxylic acids is 1. The first-order valence-corrected chi connectivity index (χ1v) is 8.49. The minimum atomic E-state index is -3.26. The zero-order valence-electron chi connectivity index (χ0n) is 10.9. The molecular weight excluding hydrogens is 284 g/mol. The van der Waals surface area contributed by atoms with Crippen LogP contribution in [0.5, 0.6) is 0 Å². The lowest BCUT2D eigenvalue weighted by atomic mass is 10.0. The lowest BCUT2D eigenvalue weighted by Gasteiger charge is -2.21. The fourth-order valence-corrected chi connectivity index (χ4v) is 4.62. The molecule has 1 fully saturated rings. The average molecular weight is 301 g/mol. The Hall–Kier alpha value is -0.870. The Morgan fingerprint density at radius 2 is 2.11 bits per heavy atom. The van der Waals surface area contributed by atoms with Crippen LogP contribution < -0.4 is 0 Å². The highest BCUT2D eigenvalue weighted by Gasteiger charge is 2.34. The molecular formula is C14H17ClO3S. The fraction of sp³-hybridized carbons (Fsp3) is 0.500. The minimum Gasteiger partial charge on any atom is -0.298 e. The van der Waals surface area contributed by atoms with E-state index in [4.69, 9.17) is 11.6 Å². The van der Waals surface area contributed by atoms with Crippen molar-refractivity contribution in [1.29, 1.82) is 0 Å². The Morgan fingerprint density at radius 3 is 2.74 bits per heavy atom. The van der Waals surface area contributed by atoms with Crippen molar-refractivity contribution in [2.45, 2.75) is 37.9 Å². The fourth-order valence-electron chi connectivity index (χ4n) is 2.41. The molecule has 1 atom stereocenters. The summed E-state index contributed by atoms with van der Waals surface area (Å²) < 4.78 is 23.8. The van der Waals surface area contributed by atoms with Crippen LogP contribution in [0.25, 0.3) is 0 Å². The quantitative estimate of drug-likeness (QED) is 0.862. The van der Waals surface area contributed by atoms with E-state index in [9.17, 15) is 13.2 Å². The Balaban J connectivity index is 2.17. The molecule has 5 heteroatoms. The second kappa shape index (κ2) is 5.63. The zero-order chi connectivity index (χ0) is 14.0. The van der Waals surface area contributed by atoms with E-state index < -0.39 is 15.1 Å². The second-order valence-corrected chi connectivity index (χ2v) is 7.80. The zero-order valence-corrected chi connectivity index (χ0v) is 12.4. The Labute approximate surface area is 118 Å². The van der Waals surface area contributed by atoms with Gasteiger partial charge in [0.15, 0.2) is 15.6 Å². The summed E-state index contributed by atoms with van der Waals surface area (Å²) >= 11 is 6.08. The first-order valence-electron chi connectivity index (χ1n) is 6.39. The number of Topliss-reactive ketones (excluding diaryl/α,β-unsaturated/α-hetero) is 1. The Morgan fingerprint density at radius 1 is 1.37 bits per heavy atom. The SMILES string of the molecule is Cc1ccc(CC(=O)C2CCCCS2(=O)=O)c(Cl)c1. The van der Waals surface area contributed by atoms with Gasteiger partial charge in [-0.05, 0) is 37.0 Å². The third-order valence-corrected chi connectivity index (χ3v) is 6.09. The highest BCUT2D eigenvalue weighted by molar-refractivity contribution is 7.92. The summed E-state index contributed by atoms with van der Waals surface area (Å²) in [4.78, 5) is 12.2. The van der Waals surface area contributed by atoms with E-state index >= 15 is 0 Å². The largest absolute Gasteiger partial charge is 0.298 e. The maximum atomic E-state index is 12.2. The van der Waals surface area contributed by atoms with Crippen molar-refractivity contribution in [1.82, 2.24) is 0 Å². The summed E-state index contributed by atoms with van der Waals surface area (Å²) in [7, 11) is -3.26. The van der Waals surface area contributed by atoms with Crippen molar-refractivity contribution in [3.8, 4) is 0 Å². The van der Waals surface area contributed by atoms with E-state index in [0.29, 0.717) is 23.4 Å². The summed E-state index contributed by atoms with van der Waals surface area (Å²) in [6.07, 6.45) is 2.02. The molecule has 0 aromatic heterocycles. The van der Waals surface area contributed by atoms with Gasteiger partial charge >= 0.3 is 0 Å². The predicted molar refractivity (Wildman–Crippen MR) is 76.3 cm³/mol. The molecule has 0 aliphatic carbocycles. The molecule has 1 unspecified atom stereocenters. The van der Waals surface area contributed by atoms with Crippen LogP contribution in [0.15, 0.2) is 18.2 Å². The number of aryl methyl sites for hydroxylation is 1. The standard InChI is InChI=1S/C14H17ClO3S/c1-10-5-6-11(12(15)8-10)9-13(16)14-4-2-3-7-19(14,17)18/h5-6,8,14H,2-4,7,9H2,1H3. The van der Waals surface area contributed by atoms with Crippen molar-refractivity contribution in [3.05, 3.63) is 34.3 Å². The highest BCUT2D eigenvalue weighted by Crippen LogP contribution is 2.24. The molecule has 1 aliphatic heterocycles. The summed E-state index contributed by atoms with van der Waals surface area (Å²) in [5.74, 6) is -0.101. The first-order chi connectivity index (χ1) is 8.90. The third kappa shape index (κ3) is 3.37. The second-order valence-electron chi connectivity index (χ2n) is 5.09. The van der Waals surface area contributed by atoms with E-state index in [0.717, 1.165) is 12.0 Å². The van der Waals surface area contributed by atoms with Crippen LogP contribution in [0, 0.1) is 6.92 Å². The van der Waals surface area contributed by atoms with Crippen molar-refractivity contribution in [2.24, 2.45) is 0 Å². The number of hydrogen-bond donors (Lipinski definition) is 0. The van der Waals surface area contributed by atoms with Crippen LogP contribution in [0.1, 0.15) is 30.4 Å². The van der Waals surface area contributed by atoms with E-state index in [1.165, 1.54) is 0 Å². The number of halogens is 1. The van der Waals surface area contributed by atoms with Crippen molar-refractivity contribution >= 4 is 27.2 Å². The molecule has 0 saturated carbocycles. The molecule has 0 radical (unpaired) electrons. The van der Waals surface area contributed by atoms with Gasteiger partial charge in [-0.25, -0.2) is 8.42 Å². The van der Waals surface area contributed by atoms with Crippen molar-refractivity contribution in [2.75, 3.05) is 5.75 Å². The molecule has 1 aromatic rings. The number of sulfone groups is 1.